The zero-order chi connectivity index (χ0) is 7.72. The second-order valence-electron chi connectivity index (χ2n) is 1.98. The van der Waals surface area contributed by atoms with Crippen LogP contribution in [-0.2, 0) is 0 Å². The summed E-state index contributed by atoms with van der Waals surface area (Å²) in [6.45, 7) is 3.58. The Bertz CT molecular complexity index is 210. The van der Waals surface area contributed by atoms with E-state index in [9.17, 15) is 0 Å². The summed E-state index contributed by atoms with van der Waals surface area (Å²) < 4.78 is 0. The Labute approximate surface area is 69.2 Å². The van der Waals surface area contributed by atoms with Gasteiger partial charge in [-0.3, -0.25) is 4.98 Å². The van der Waals surface area contributed by atoms with E-state index in [1.165, 1.54) is 0 Å². The van der Waals surface area contributed by atoms with Gasteiger partial charge >= 0.3 is 0 Å². The molecule has 4 heteroatoms. The van der Waals surface area contributed by atoms with Gasteiger partial charge in [-0.25, -0.2) is 4.98 Å². The van der Waals surface area contributed by atoms with Crippen molar-refractivity contribution >= 4 is 23.2 Å². The number of nitrogens with zero attached hydrogens (tertiary/aromatic N) is 2. The van der Waals surface area contributed by atoms with Gasteiger partial charge in [0.05, 0.1) is 11.4 Å². The van der Waals surface area contributed by atoms with Gasteiger partial charge in [-0.15, -0.1) is 0 Å². The fourth-order valence-electron chi connectivity index (χ4n) is 0.592. The van der Waals surface area contributed by atoms with Crippen LogP contribution in [0.25, 0.3) is 0 Å². The fourth-order valence-corrected chi connectivity index (χ4v) is 0.889. The summed E-state index contributed by atoms with van der Waals surface area (Å²) in [5, 5.41) is 0.742. The van der Waals surface area contributed by atoms with Crippen LogP contribution < -0.4 is 0 Å². The molecule has 0 unspecified atom stereocenters. The van der Waals surface area contributed by atoms with Crippen LogP contribution >= 0.6 is 23.2 Å². The van der Waals surface area contributed by atoms with E-state index < -0.39 is 0 Å². The van der Waals surface area contributed by atoms with Crippen molar-refractivity contribution in [1.29, 1.82) is 0 Å². The summed E-state index contributed by atoms with van der Waals surface area (Å²) in [5.74, 6) is 0. The molecule has 54 valence electrons. The largest absolute Gasteiger partial charge is 0.252 e. The summed E-state index contributed by atoms with van der Waals surface area (Å²) >= 11 is 11.3. The molecule has 0 spiro atoms. The molecule has 10 heavy (non-hydrogen) atoms. The van der Waals surface area contributed by atoms with Gasteiger partial charge in [0.2, 0.25) is 0 Å². The van der Waals surface area contributed by atoms with E-state index >= 15 is 0 Å². The van der Waals surface area contributed by atoms with Crippen molar-refractivity contribution in [3.63, 3.8) is 0 Å². The molecule has 0 aromatic carbocycles. The van der Waals surface area contributed by atoms with E-state index in [1.807, 2.05) is 0 Å². The van der Waals surface area contributed by atoms with Crippen molar-refractivity contribution in [2.24, 2.45) is 0 Å². The maximum atomic E-state index is 5.63. The smallest absolute Gasteiger partial charge is 0.152 e. The highest BCUT2D eigenvalue weighted by Gasteiger charge is 2.02. The molecular weight excluding hydrogens is 171 g/mol. The summed E-state index contributed by atoms with van der Waals surface area (Å²) in [6, 6.07) is 0. The zero-order valence-corrected chi connectivity index (χ0v) is 7.16. The Balaban J connectivity index is 3.28. The minimum Gasteiger partial charge on any atom is -0.252 e. The van der Waals surface area contributed by atoms with Gasteiger partial charge in [-0.1, -0.05) is 23.2 Å². The number of hydrogen-bond acceptors (Lipinski definition) is 2. The highest BCUT2D eigenvalue weighted by atomic mass is 35.5. The molecule has 0 fully saturated rings. The first kappa shape index (κ1) is 7.76. The average Bonchev–Trinajstić information content (AvgIpc) is 1.84. The molecule has 0 saturated carbocycles. The number of aryl methyl sites for hydroxylation is 2. The van der Waals surface area contributed by atoms with E-state index in [-0.39, 0.29) is 0 Å². The molecule has 0 atom stereocenters. The maximum absolute atomic E-state index is 5.63. The van der Waals surface area contributed by atoms with Crippen molar-refractivity contribution in [1.82, 2.24) is 9.97 Å². The Kier molecular flexibility index (Phi) is 2.11. The second kappa shape index (κ2) is 2.72. The molecule has 0 aliphatic heterocycles. The summed E-state index contributed by atoms with van der Waals surface area (Å²) in [4.78, 5) is 7.89. The van der Waals surface area contributed by atoms with Crippen molar-refractivity contribution in [2.45, 2.75) is 13.8 Å². The number of hydrogen-bond donors (Lipinski definition) is 0. The molecule has 0 aliphatic rings. The van der Waals surface area contributed by atoms with E-state index in [1.54, 1.807) is 13.8 Å². The van der Waals surface area contributed by atoms with Crippen LogP contribution in [0.2, 0.25) is 10.3 Å². The van der Waals surface area contributed by atoms with Gasteiger partial charge < -0.3 is 0 Å². The predicted molar refractivity (Wildman–Crippen MR) is 41.5 cm³/mol. The molecule has 0 amide bonds. The lowest BCUT2D eigenvalue weighted by atomic mass is 10.4. The lowest BCUT2D eigenvalue weighted by Gasteiger charge is -1.98. The summed E-state index contributed by atoms with van der Waals surface area (Å²) in [7, 11) is 0. The first-order valence-electron chi connectivity index (χ1n) is 2.77. The molecule has 1 aromatic rings. The molecule has 0 radical (unpaired) electrons. The minimum absolute atomic E-state index is 0.371. The number of aromatic nitrogens is 2. The number of rotatable bonds is 0. The lowest BCUT2D eigenvalue weighted by molar-refractivity contribution is 1.06. The van der Waals surface area contributed by atoms with Crippen LogP contribution in [-0.4, -0.2) is 9.97 Å². The Hall–Kier alpha value is -0.340. The molecule has 1 rings (SSSR count). The van der Waals surface area contributed by atoms with Crippen LogP contribution in [0.3, 0.4) is 0 Å². The SMILES string of the molecule is Cc1nc(C)c(Cl)nc1Cl. The van der Waals surface area contributed by atoms with Gasteiger partial charge in [0.25, 0.3) is 0 Å². The molecule has 0 bridgehead atoms. The van der Waals surface area contributed by atoms with Crippen LogP contribution in [0.15, 0.2) is 0 Å². The summed E-state index contributed by atoms with van der Waals surface area (Å²) in [5.41, 5.74) is 1.42. The highest BCUT2D eigenvalue weighted by molar-refractivity contribution is 6.32. The molecule has 1 aromatic heterocycles. The first-order valence-corrected chi connectivity index (χ1v) is 3.53. The van der Waals surface area contributed by atoms with Crippen LogP contribution in [0.4, 0.5) is 0 Å². The number of halogens is 2. The molecule has 0 saturated heterocycles. The molecular formula is C6H6Cl2N2. The van der Waals surface area contributed by atoms with Gasteiger partial charge in [-0.2, -0.15) is 0 Å². The lowest BCUT2D eigenvalue weighted by Crippen LogP contribution is -1.91. The van der Waals surface area contributed by atoms with Crippen LogP contribution in [0, 0.1) is 13.8 Å². The Morgan fingerprint density at radius 3 is 1.60 bits per heavy atom. The van der Waals surface area contributed by atoms with E-state index in [0.29, 0.717) is 21.7 Å². The zero-order valence-electron chi connectivity index (χ0n) is 5.65. The van der Waals surface area contributed by atoms with Crippen molar-refractivity contribution in [2.75, 3.05) is 0 Å². The minimum atomic E-state index is 0.371. The fraction of sp³-hybridized carbons (Fsp3) is 0.333. The average molecular weight is 177 g/mol. The molecule has 1 heterocycles. The van der Waals surface area contributed by atoms with Crippen molar-refractivity contribution < 1.29 is 0 Å². The van der Waals surface area contributed by atoms with Crippen molar-refractivity contribution in [3.8, 4) is 0 Å². The van der Waals surface area contributed by atoms with Gasteiger partial charge in [0.15, 0.2) is 10.3 Å². The third-order valence-electron chi connectivity index (χ3n) is 1.13. The van der Waals surface area contributed by atoms with E-state index in [2.05, 4.69) is 9.97 Å². The van der Waals surface area contributed by atoms with Gasteiger partial charge in [0.1, 0.15) is 0 Å². The first-order chi connectivity index (χ1) is 4.61. The second-order valence-corrected chi connectivity index (χ2v) is 2.69. The standard InChI is InChI=1S/C6H6Cl2N2/c1-3-5(7)10-6(8)4(2)9-3/h1-2H3. The van der Waals surface area contributed by atoms with E-state index in [4.69, 9.17) is 23.2 Å². The molecule has 0 N–H and O–H groups in total. The Morgan fingerprint density at radius 1 is 0.900 bits per heavy atom. The van der Waals surface area contributed by atoms with Crippen LogP contribution in [0.5, 0.6) is 0 Å². The van der Waals surface area contributed by atoms with Crippen molar-refractivity contribution in [3.05, 3.63) is 21.7 Å². The highest BCUT2D eigenvalue weighted by Crippen LogP contribution is 2.15. The monoisotopic (exact) mass is 176 g/mol. The van der Waals surface area contributed by atoms with Gasteiger partial charge in [0, 0.05) is 0 Å². The third-order valence-corrected chi connectivity index (χ3v) is 1.84. The molecule has 0 aliphatic carbocycles. The summed E-state index contributed by atoms with van der Waals surface area (Å²) in [6.07, 6.45) is 0. The van der Waals surface area contributed by atoms with E-state index in [0.717, 1.165) is 0 Å². The molecule has 2 nitrogen and oxygen atoms in total. The normalized spacial score (nSPS) is 10.0. The maximum Gasteiger partial charge on any atom is 0.152 e. The Morgan fingerprint density at radius 2 is 1.30 bits per heavy atom. The quantitative estimate of drug-likeness (QED) is 0.607. The van der Waals surface area contributed by atoms with Gasteiger partial charge in [-0.05, 0) is 13.8 Å². The predicted octanol–water partition coefficient (Wildman–Crippen LogP) is 2.40. The topological polar surface area (TPSA) is 25.8 Å². The third kappa shape index (κ3) is 1.39. The van der Waals surface area contributed by atoms with Crippen LogP contribution in [0.1, 0.15) is 11.4 Å².